The molecule has 4 nitrogen and oxygen atoms in total. The van der Waals surface area contributed by atoms with Gasteiger partial charge in [0.2, 0.25) is 5.91 Å². The van der Waals surface area contributed by atoms with Crippen LogP contribution < -0.4 is 0 Å². The van der Waals surface area contributed by atoms with E-state index < -0.39 is 0 Å². The molecular weight excluding hydrogens is 214 g/mol. The molecule has 0 aromatic carbocycles. The molecule has 0 bridgehead atoms. The molecule has 1 amide bonds. The summed E-state index contributed by atoms with van der Waals surface area (Å²) in [6, 6.07) is 0.403. The van der Waals surface area contributed by atoms with E-state index in [4.69, 9.17) is 0 Å². The summed E-state index contributed by atoms with van der Waals surface area (Å²) in [5.41, 5.74) is 2.37. The van der Waals surface area contributed by atoms with Gasteiger partial charge in [-0.3, -0.25) is 4.79 Å². The maximum atomic E-state index is 12.0. The first-order valence-corrected chi connectivity index (χ1v) is 6.34. The summed E-state index contributed by atoms with van der Waals surface area (Å²) in [6.07, 6.45) is 2.78. The molecule has 1 aromatic rings. The zero-order valence-corrected chi connectivity index (χ0v) is 11.1. The Labute approximate surface area is 103 Å². The summed E-state index contributed by atoms with van der Waals surface area (Å²) in [6.45, 7) is 9.72. The van der Waals surface area contributed by atoms with Gasteiger partial charge in [0, 0.05) is 24.9 Å². The lowest BCUT2D eigenvalue weighted by molar-refractivity contribution is -0.135. The highest BCUT2D eigenvalue weighted by atomic mass is 16.2. The van der Waals surface area contributed by atoms with Crippen molar-refractivity contribution < 1.29 is 4.79 Å². The molecule has 0 N–H and O–H groups in total. The Morgan fingerprint density at radius 2 is 2.06 bits per heavy atom. The third-order valence-electron chi connectivity index (χ3n) is 3.30. The van der Waals surface area contributed by atoms with Gasteiger partial charge >= 0.3 is 0 Å². The second-order valence-electron chi connectivity index (χ2n) is 5.30. The van der Waals surface area contributed by atoms with Crippen molar-refractivity contribution in [2.24, 2.45) is 5.92 Å². The molecule has 1 aromatic heterocycles. The SMILES string of the molecule is CC(C)C(=O)N1CCc2ncn(C(C)C)c2C1. The van der Waals surface area contributed by atoms with E-state index in [1.165, 1.54) is 5.69 Å². The molecule has 0 unspecified atom stereocenters. The highest BCUT2D eigenvalue weighted by Gasteiger charge is 2.26. The Morgan fingerprint density at radius 1 is 1.35 bits per heavy atom. The van der Waals surface area contributed by atoms with E-state index in [2.05, 4.69) is 23.4 Å². The van der Waals surface area contributed by atoms with E-state index in [9.17, 15) is 4.79 Å². The lowest BCUT2D eigenvalue weighted by Crippen LogP contribution is -2.39. The van der Waals surface area contributed by atoms with E-state index in [1.807, 2.05) is 25.1 Å². The third kappa shape index (κ3) is 2.21. The monoisotopic (exact) mass is 235 g/mol. The highest BCUT2D eigenvalue weighted by molar-refractivity contribution is 5.78. The van der Waals surface area contributed by atoms with E-state index in [0.717, 1.165) is 18.7 Å². The molecule has 0 fully saturated rings. The first-order valence-electron chi connectivity index (χ1n) is 6.34. The van der Waals surface area contributed by atoms with Crippen LogP contribution in [0.2, 0.25) is 0 Å². The molecule has 2 rings (SSSR count). The number of hydrogen-bond acceptors (Lipinski definition) is 2. The minimum atomic E-state index is 0.0759. The van der Waals surface area contributed by atoms with Crippen LogP contribution in [0, 0.1) is 5.92 Å². The predicted octanol–water partition coefficient (Wildman–Crippen LogP) is 2.00. The highest BCUT2D eigenvalue weighted by Crippen LogP contribution is 2.22. The summed E-state index contributed by atoms with van der Waals surface area (Å²) in [7, 11) is 0. The van der Waals surface area contributed by atoms with Crippen LogP contribution in [0.5, 0.6) is 0 Å². The van der Waals surface area contributed by atoms with Gasteiger partial charge in [-0.1, -0.05) is 13.8 Å². The second-order valence-corrected chi connectivity index (χ2v) is 5.30. The van der Waals surface area contributed by atoms with Crippen LogP contribution in [0.15, 0.2) is 6.33 Å². The van der Waals surface area contributed by atoms with Crippen LogP contribution in [-0.4, -0.2) is 26.9 Å². The van der Waals surface area contributed by atoms with Gasteiger partial charge in [-0.05, 0) is 13.8 Å². The fraction of sp³-hybridized carbons (Fsp3) is 0.692. The van der Waals surface area contributed by atoms with Crippen LogP contribution in [0.4, 0.5) is 0 Å². The Balaban J connectivity index is 2.22. The number of amides is 1. The molecule has 0 aliphatic carbocycles. The van der Waals surface area contributed by atoms with Gasteiger partial charge in [0.15, 0.2) is 0 Å². The fourth-order valence-corrected chi connectivity index (χ4v) is 2.31. The van der Waals surface area contributed by atoms with Crippen molar-refractivity contribution in [1.82, 2.24) is 14.5 Å². The maximum absolute atomic E-state index is 12.0. The first-order chi connectivity index (χ1) is 8.00. The van der Waals surface area contributed by atoms with Crippen LogP contribution in [0.3, 0.4) is 0 Å². The zero-order valence-electron chi connectivity index (χ0n) is 11.1. The Kier molecular flexibility index (Phi) is 3.22. The molecular formula is C13H21N3O. The smallest absolute Gasteiger partial charge is 0.225 e. The number of imidazole rings is 1. The average Bonchev–Trinajstić information content (AvgIpc) is 2.70. The molecule has 0 saturated heterocycles. The molecule has 1 aliphatic rings. The zero-order chi connectivity index (χ0) is 12.6. The van der Waals surface area contributed by atoms with Crippen LogP contribution in [-0.2, 0) is 17.8 Å². The second kappa shape index (κ2) is 4.51. The first kappa shape index (κ1) is 12.1. The van der Waals surface area contributed by atoms with Crippen molar-refractivity contribution in [3.63, 3.8) is 0 Å². The maximum Gasteiger partial charge on any atom is 0.225 e. The van der Waals surface area contributed by atoms with Crippen molar-refractivity contribution in [3.8, 4) is 0 Å². The third-order valence-corrected chi connectivity index (χ3v) is 3.30. The van der Waals surface area contributed by atoms with E-state index in [1.54, 1.807) is 0 Å². The van der Waals surface area contributed by atoms with Crippen molar-refractivity contribution in [2.45, 2.75) is 46.7 Å². The quantitative estimate of drug-likeness (QED) is 0.786. The van der Waals surface area contributed by atoms with E-state index in [-0.39, 0.29) is 11.8 Å². The Morgan fingerprint density at radius 3 is 2.65 bits per heavy atom. The van der Waals surface area contributed by atoms with Crippen LogP contribution in [0.25, 0.3) is 0 Å². The summed E-state index contributed by atoms with van der Waals surface area (Å²) in [5, 5.41) is 0. The van der Waals surface area contributed by atoms with Gasteiger partial charge in [0.05, 0.1) is 24.3 Å². The molecule has 0 radical (unpaired) electrons. The van der Waals surface area contributed by atoms with E-state index >= 15 is 0 Å². The van der Waals surface area contributed by atoms with Gasteiger partial charge < -0.3 is 9.47 Å². The number of rotatable bonds is 2. The van der Waals surface area contributed by atoms with Gasteiger partial charge in [0.25, 0.3) is 0 Å². The molecule has 0 spiro atoms. The topological polar surface area (TPSA) is 38.1 Å². The van der Waals surface area contributed by atoms with Gasteiger partial charge in [0.1, 0.15) is 0 Å². The average molecular weight is 235 g/mol. The molecule has 0 saturated carbocycles. The van der Waals surface area contributed by atoms with Gasteiger partial charge in [-0.15, -0.1) is 0 Å². The largest absolute Gasteiger partial charge is 0.336 e. The van der Waals surface area contributed by atoms with Gasteiger partial charge in [-0.25, -0.2) is 4.98 Å². The van der Waals surface area contributed by atoms with Crippen molar-refractivity contribution in [2.75, 3.05) is 6.54 Å². The normalized spacial score (nSPS) is 15.5. The summed E-state index contributed by atoms with van der Waals surface area (Å²) >= 11 is 0. The molecule has 17 heavy (non-hydrogen) atoms. The predicted molar refractivity (Wildman–Crippen MR) is 66.6 cm³/mol. The molecule has 1 aliphatic heterocycles. The molecule has 2 heterocycles. The lowest BCUT2D eigenvalue weighted by atomic mass is 10.1. The van der Waals surface area contributed by atoms with Crippen molar-refractivity contribution in [1.29, 1.82) is 0 Å². The van der Waals surface area contributed by atoms with Gasteiger partial charge in [-0.2, -0.15) is 0 Å². The lowest BCUT2D eigenvalue weighted by Gasteiger charge is -2.29. The number of carbonyl (C=O) groups excluding carboxylic acids is 1. The van der Waals surface area contributed by atoms with Crippen LogP contribution >= 0.6 is 0 Å². The molecule has 94 valence electrons. The molecule has 4 heteroatoms. The number of hydrogen-bond donors (Lipinski definition) is 0. The number of fused-ring (bicyclic) bond motifs is 1. The Bertz CT molecular complexity index is 420. The summed E-state index contributed by atoms with van der Waals surface area (Å²) in [4.78, 5) is 18.4. The minimum absolute atomic E-state index is 0.0759. The summed E-state index contributed by atoms with van der Waals surface area (Å²) < 4.78 is 2.18. The fourth-order valence-electron chi connectivity index (χ4n) is 2.31. The van der Waals surface area contributed by atoms with Crippen molar-refractivity contribution in [3.05, 3.63) is 17.7 Å². The molecule has 0 atom stereocenters. The number of nitrogens with zero attached hydrogens (tertiary/aromatic N) is 3. The number of carbonyl (C=O) groups is 1. The Hall–Kier alpha value is -1.32. The standard InChI is InChI=1S/C13H21N3O/c1-9(2)13(17)15-6-5-11-12(7-15)16(8-14-11)10(3)4/h8-10H,5-7H2,1-4H3. The number of aromatic nitrogens is 2. The van der Waals surface area contributed by atoms with Crippen LogP contribution in [0.1, 0.15) is 45.1 Å². The summed E-state index contributed by atoms with van der Waals surface area (Å²) in [5.74, 6) is 0.319. The minimum Gasteiger partial charge on any atom is -0.336 e. The van der Waals surface area contributed by atoms with Crippen molar-refractivity contribution >= 4 is 5.91 Å². The van der Waals surface area contributed by atoms with E-state index in [0.29, 0.717) is 12.6 Å².